The van der Waals surface area contributed by atoms with Gasteiger partial charge in [-0.2, -0.15) is 0 Å². The van der Waals surface area contributed by atoms with Gasteiger partial charge >= 0.3 is 0 Å². The summed E-state index contributed by atoms with van der Waals surface area (Å²) in [5.74, 6) is 0.673. The summed E-state index contributed by atoms with van der Waals surface area (Å²) in [6.45, 7) is 11.3. The fourth-order valence-corrected chi connectivity index (χ4v) is 2.51. The first-order valence-corrected chi connectivity index (χ1v) is 6.60. The molecular weight excluding hydrogens is 206 g/mol. The van der Waals surface area contributed by atoms with Crippen LogP contribution < -0.4 is 5.73 Å². The minimum atomic E-state index is 0.174. The van der Waals surface area contributed by atoms with E-state index in [1.165, 1.54) is 17.5 Å². The van der Waals surface area contributed by atoms with Crippen LogP contribution in [0.2, 0.25) is 0 Å². The highest BCUT2D eigenvalue weighted by molar-refractivity contribution is 5.23. The van der Waals surface area contributed by atoms with Crippen molar-refractivity contribution in [3.63, 3.8) is 0 Å². The predicted molar refractivity (Wildman–Crippen MR) is 76.0 cm³/mol. The molecule has 1 nitrogen and oxygen atoms in total. The molecule has 0 aromatic heterocycles. The SMILES string of the molecule is Cc1ccc(C(N)CC(C)CC(C)(C)C)cc1. The molecule has 0 heterocycles. The molecule has 96 valence electrons. The summed E-state index contributed by atoms with van der Waals surface area (Å²) < 4.78 is 0. The van der Waals surface area contributed by atoms with Gasteiger partial charge in [-0.15, -0.1) is 0 Å². The Hall–Kier alpha value is -0.820. The van der Waals surface area contributed by atoms with E-state index in [1.807, 2.05) is 0 Å². The minimum Gasteiger partial charge on any atom is -0.324 e. The third kappa shape index (κ3) is 5.36. The molecule has 1 aromatic carbocycles. The lowest BCUT2D eigenvalue weighted by atomic mass is 9.82. The van der Waals surface area contributed by atoms with Crippen molar-refractivity contribution in [1.82, 2.24) is 0 Å². The second-order valence-electron chi connectivity index (χ2n) is 6.62. The van der Waals surface area contributed by atoms with Crippen LogP contribution in [0.1, 0.15) is 57.7 Å². The van der Waals surface area contributed by atoms with E-state index in [-0.39, 0.29) is 6.04 Å². The van der Waals surface area contributed by atoms with E-state index in [9.17, 15) is 0 Å². The lowest BCUT2D eigenvalue weighted by molar-refractivity contribution is 0.286. The van der Waals surface area contributed by atoms with Crippen LogP contribution in [0.4, 0.5) is 0 Å². The molecule has 0 spiro atoms. The minimum absolute atomic E-state index is 0.174. The van der Waals surface area contributed by atoms with Crippen LogP contribution in [0.3, 0.4) is 0 Å². The lowest BCUT2D eigenvalue weighted by Crippen LogP contribution is -2.18. The van der Waals surface area contributed by atoms with Crippen molar-refractivity contribution in [1.29, 1.82) is 0 Å². The number of benzene rings is 1. The largest absolute Gasteiger partial charge is 0.324 e. The zero-order valence-corrected chi connectivity index (χ0v) is 12.0. The van der Waals surface area contributed by atoms with E-state index in [2.05, 4.69) is 58.9 Å². The van der Waals surface area contributed by atoms with E-state index in [0.29, 0.717) is 11.3 Å². The summed E-state index contributed by atoms with van der Waals surface area (Å²) in [5, 5.41) is 0. The Kier molecular flexibility index (Phi) is 4.76. The molecule has 0 aliphatic heterocycles. The van der Waals surface area contributed by atoms with Crippen LogP contribution in [-0.2, 0) is 0 Å². The standard InChI is InChI=1S/C16H27N/c1-12-6-8-14(9-7-12)15(17)10-13(2)11-16(3,4)5/h6-9,13,15H,10-11,17H2,1-5H3. The van der Waals surface area contributed by atoms with Gasteiger partial charge in [-0.3, -0.25) is 0 Å². The molecule has 1 aromatic rings. The van der Waals surface area contributed by atoms with Crippen LogP contribution in [0.25, 0.3) is 0 Å². The van der Waals surface area contributed by atoms with E-state index in [1.54, 1.807) is 0 Å². The number of hydrogen-bond donors (Lipinski definition) is 1. The summed E-state index contributed by atoms with van der Waals surface area (Å²) in [5.41, 5.74) is 9.22. The molecule has 2 atom stereocenters. The summed E-state index contributed by atoms with van der Waals surface area (Å²) >= 11 is 0. The molecule has 1 rings (SSSR count). The maximum Gasteiger partial charge on any atom is 0.0297 e. The third-order valence-electron chi connectivity index (χ3n) is 3.12. The number of nitrogens with two attached hydrogens (primary N) is 1. The van der Waals surface area contributed by atoms with Gasteiger partial charge in [0.1, 0.15) is 0 Å². The van der Waals surface area contributed by atoms with Gasteiger partial charge in [0.05, 0.1) is 0 Å². The van der Waals surface area contributed by atoms with Crippen molar-refractivity contribution in [2.45, 2.75) is 53.5 Å². The fourth-order valence-electron chi connectivity index (χ4n) is 2.51. The lowest BCUT2D eigenvalue weighted by Gasteiger charge is -2.25. The highest BCUT2D eigenvalue weighted by atomic mass is 14.6. The molecule has 17 heavy (non-hydrogen) atoms. The normalized spacial score (nSPS) is 15.6. The van der Waals surface area contributed by atoms with Crippen molar-refractivity contribution >= 4 is 0 Å². The van der Waals surface area contributed by atoms with E-state index >= 15 is 0 Å². The van der Waals surface area contributed by atoms with E-state index in [4.69, 9.17) is 5.73 Å². The molecule has 2 unspecified atom stereocenters. The van der Waals surface area contributed by atoms with Gasteiger partial charge in [-0.05, 0) is 36.7 Å². The Bertz CT molecular complexity index is 332. The van der Waals surface area contributed by atoms with E-state index < -0.39 is 0 Å². The van der Waals surface area contributed by atoms with Crippen LogP contribution in [0, 0.1) is 18.3 Å². The molecule has 0 saturated carbocycles. The Morgan fingerprint density at radius 1 is 1.12 bits per heavy atom. The third-order valence-corrected chi connectivity index (χ3v) is 3.12. The fraction of sp³-hybridized carbons (Fsp3) is 0.625. The van der Waals surface area contributed by atoms with Crippen LogP contribution in [0.15, 0.2) is 24.3 Å². The van der Waals surface area contributed by atoms with Crippen molar-refractivity contribution in [2.75, 3.05) is 0 Å². The highest BCUT2D eigenvalue weighted by Crippen LogP contribution is 2.29. The highest BCUT2D eigenvalue weighted by Gasteiger charge is 2.18. The molecule has 0 fully saturated rings. The Balaban J connectivity index is 2.54. The molecule has 0 aliphatic rings. The molecule has 0 bridgehead atoms. The first-order valence-electron chi connectivity index (χ1n) is 6.60. The molecule has 0 radical (unpaired) electrons. The van der Waals surface area contributed by atoms with Crippen molar-refractivity contribution in [3.8, 4) is 0 Å². The first-order chi connectivity index (χ1) is 7.78. The second kappa shape index (κ2) is 5.68. The summed E-state index contributed by atoms with van der Waals surface area (Å²) in [7, 11) is 0. The monoisotopic (exact) mass is 233 g/mol. The zero-order valence-electron chi connectivity index (χ0n) is 12.0. The van der Waals surface area contributed by atoms with Crippen molar-refractivity contribution < 1.29 is 0 Å². The van der Waals surface area contributed by atoms with Crippen LogP contribution >= 0.6 is 0 Å². The van der Waals surface area contributed by atoms with Gasteiger partial charge in [-0.25, -0.2) is 0 Å². The zero-order chi connectivity index (χ0) is 13.1. The molecule has 0 aliphatic carbocycles. The van der Waals surface area contributed by atoms with Gasteiger partial charge in [0, 0.05) is 6.04 Å². The van der Waals surface area contributed by atoms with Gasteiger partial charge in [-0.1, -0.05) is 57.5 Å². The van der Waals surface area contributed by atoms with Gasteiger partial charge in [0.25, 0.3) is 0 Å². The van der Waals surface area contributed by atoms with Crippen LogP contribution in [0.5, 0.6) is 0 Å². The summed E-state index contributed by atoms with van der Waals surface area (Å²) in [6.07, 6.45) is 2.30. The smallest absolute Gasteiger partial charge is 0.0297 e. The molecular formula is C16H27N. The van der Waals surface area contributed by atoms with Crippen LogP contribution in [-0.4, -0.2) is 0 Å². The summed E-state index contributed by atoms with van der Waals surface area (Å²) in [6, 6.07) is 8.77. The Morgan fingerprint density at radius 2 is 1.65 bits per heavy atom. The number of hydrogen-bond acceptors (Lipinski definition) is 1. The maximum absolute atomic E-state index is 6.26. The van der Waals surface area contributed by atoms with Crippen molar-refractivity contribution in [2.24, 2.45) is 17.1 Å². The number of aryl methyl sites for hydroxylation is 1. The number of rotatable bonds is 4. The van der Waals surface area contributed by atoms with E-state index in [0.717, 1.165) is 6.42 Å². The average Bonchev–Trinajstić information content (AvgIpc) is 2.15. The predicted octanol–water partition coefficient (Wildman–Crippen LogP) is 4.46. The Morgan fingerprint density at radius 3 is 2.12 bits per heavy atom. The van der Waals surface area contributed by atoms with Gasteiger partial charge < -0.3 is 5.73 Å². The average molecular weight is 233 g/mol. The molecule has 1 heteroatoms. The maximum atomic E-state index is 6.26. The van der Waals surface area contributed by atoms with Gasteiger partial charge in [0.2, 0.25) is 0 Å². The molecule has 0 saturated heterocycles. The second-order valence-corrected chi connectivity index (χ2v) is 6.62. The van der Waals surface area contributed by atoms with Gasteiger partial charge in [0.15, 0.2) is 0 Å². The summed E-state index contributed by atoms with van der Waals surface area (Å²) in [4.78, 5) is 0. The molecule has 2 N–H and O–H groups in total. The topological polar surface area (TPSA) is 26.0 Å². The first kappa shape index (κ1) is 14.2. The molecule has 0 amide bonds. The van der Waals surface area contributed by atoms with Crippen molar-refractivity contribution in [3.05, 3.63) is 35.4 Å². The Labute approximate surface area is 106 Å². The quantitative estimate of drug-likeness (QED) is 0.816.